The van der Waals surface area contributed by atoms with Crippen LogP contribution in [0, 0.1) is 29.0 Å². The number of Topliss-reactive ketones (excluding diaryl/α,β-unsaturated/α-hetero) is 1. The predicted molar refractivity (Wildman–Crippen MR) is 103 cm³/mol. The van der Waals surface area contributed by atoms with E-state index in [9.17, 15) is 14.0 Å². The molecule has 0 saturated heterocycles. The molecule has 1 aromatic heterocycles. The van der Waals surface area contributed by atoms with Crippen molar-refractivity contribution < 1.29 is 18.7 Å². The molecule has 4 saturated carbocycles. The van der Waals surface area contributed by atoms with Crippen molar-refractivity contribution in [2.45, 2.75) is 38.5 Å². The van der Waals surface area contributed by atoms with Crippen molar-refractivity contribution in [3.63, 3.8) is 0 Å². The monoisotopic (exact) mass is 406 g/mol. The number of hydrogen-bond acceptors (Lipinski definition) is 4. The molecule has 4 fully saturated rings. The molecule has 1 aromatic carbocycles. The summed E-state index contributed by atoms with van der Waals surface area (Å²) < 4.78 is 19.4. The lowest BCUT2D eigenvalue weighted by Gasteiger charge is -2.55. The van der Waals surface area contributed by atoms with E-state index in [2.05, 4.69) is 0 Å². The van der Waals surface area contributed by atoms with E-state index in [1.165, 1.54) is 31.4 Å². The molecule has 0 unspecified atom stereocenters. The van der Waals surface area contributed by atoms with Gasteiger partial charge in [-0.1, -0.05) is 11.6 Å². The minimum Gasteiger partial charge on any atom is -0.453 e. The van der Waals surface area contributed by atoms with Crippen molar-refractivity contribution in [1.82, 2.24) is 0 Å². The fourth-order valence-electron chi connectivity index (χ4n) is 5.97. The van der Waals surface area contributed by atoms with Crippen molar-refractivity contribution in [2.75, 3.05) is 6.61 Å². The van der Waals surface area contributed by atoms with E-state index < -0.39 is 5.97 Å². The molecule has 0 N–H and O–H groups in total. The normalized spacial score (nSPS) is 31.4. The van der Waals surface area contributed by atoms with Gasteiger partial charge in [0.25, 0.3) is 0 Å². The van der Waals surface area contributed by atoms with Crippen molar-refractivity contribution in [3.05, 3.63) is 33.9 Å². The number of ether oxygens (including phenoxy) is 1. The maximum atomic E-state index is 13.4. The topological polar surface area (TPSA) is 43.4 Å². The number of carbonyl (C=O) groups is 2. The number of benzene rings is 1. The van der Waals surface area contributed by atoms with Crippen molar-refractivity contribution >= 4 is 44.8 Å². The van der Waals surface area contributed by atoms with Crippen LogP contribution in [-0.2, 0) is 9.53 Å². The Kier molecular flexibility index (Phi) is 4.10. The van der Waals surface area contributed by atoms with Crippen LogP contribution >= 0.6 is 22.9 Å². The number of ketones is 1. The summed E-state index contributed by atoms with van der Waals surface area (Å²) in [7, 11) is 0. The molecule has 4 bridgehead atoms. The molecule has 1 heterocycles. The lowest BCUT2D eigenvalue weighted by Crippen LogP contribution is -2.51. The van der Waals surface area contributed by atoms with Gasteiger partial charge in [0.1, 0.15) is 10.7 Å². The first kappa shape index (κ1) is 17.6. The molecular formula is C21H20ClFO3S. The summed E-state index contributed by atoms with van der Waals surface area (Å²) >= 11 is 7.38. The predicted octanol–water partition coefficient (Wildman–Crippen LogP) is 5.64. The zero-order valence-corrected chi connectivity index (χ0v) is 16.4. The highest BCUT2D eigenvalue weighted by atomic mass is 35.5. The lowest BCUT2D eigenvalue weighted by atomic mass is 9.48. The molecule has 3 nitrogen and oxygen atoms in total. The van der Waals surface area contributed by atoms with Crippen molar-refractivity contribution in [3.8, 4) is 0 Å². The first-order valence-electron chi connectivity index (χ1n) is 9.51. The number of carbonyl (C=O) groups excluding carboxylic acids is 2. The van der Waals surface area contributed by atoms with Gasteiger partial charge in [-0.15, -0.1) is 11.3 Å². The molecule has 6 heteroatoms. The Hall–Kier alpha value is -1.46. The van der Waals surface area contributed by atoms with Crippen LogP contribution in [0.15, 0.2) is 18.2 Å². The first-order valence-corrected chi connectivity index (χ1v) is 10.7. The first-order chi connectivity index (χ1) is 12.9. The van der Waals surface area contributed by atoms with E-state index in [-0.39, 0.29) is 33.5 Å². The summed E-state index contributed by atoms with van der Waals surface area (Å²) in [6, 6.07) is 4.22. The third-order valence-electron chi connectivity index (χ3n) is 6.74. The summed E-state index contributed by atoms with van der Waals surface area (Å²) in [4.78, 5) is 25.7. The van der Waals surface area contributed by atoms with Crippen LogP contribution in [0.3, 0.4) is 0 Å². The molecule has 4 aliphatic rings. The minimum atomic E-state index is -0.598. The summed E-state index contributed by atoms with van der Waals surface area (Å²) in [5, 5.41) is 0.893. The summed E-state index contributed by atoms with van der Waals surface area (Å²) in [6.07, 6.45) is 6.66. The fraction of sp³-hybridized carbons (Fsp3) is 0.524. The van der Waals surface area contributed by atoms with Crippen LogP contribution in [0.25, 0.3) is 10.1 Å². The zero-order chi connectivity index (χ0) is 18.8. The Labute approximate surface area is 165 Å². The van der Waals surface area contributed by atoms with E-state index >= 15 is 0 Å². The SMILES string of the molecule is O=C(OCC(=O)C12CC3CC(CC(C3)C1)C2)c1sc2cc(F)ccc2c1Cl. The van der Waals surface area contributed by atoms with Crippen LogP contribution in [0.4, 0.5) is 4.39 Å². The smallest absolute Gasteiger partial charge is 0.350 e. The molecule has 27 heavy (non-hydrogen) atoms. The van der Waals surface area contributed by atoms with Gasteiger partial charge in [0, 0.05) is 15.5 Å². The third-order valence-corrected chi connectivity index (χ3v) is 8.38. The van der Waals surface area contributed by atoms with Crippen LogP contribution in [0.5, 0.6) is 0 Å². The highest BCUT2D eigenvalue weighted by Gasteiger charge is 2.54. The Balaban J connectivity index is 1.31. The Morgan fingerprint density at radius 2 is 1.78 bits per heavy atom. The van der Waals surface area contributed by atoms with E-state index in [0.29, 0.717) is 27.8 Å². The van der Waals surface area contributed by atoms with Gasteiger partial charge >= 0.3 is 5.97 Å². The van der Waals surface area contributed by atoms with E-state index in [4.69, 9.17) is 16.3 Å². The van der Waals surface area contributed by atoms with Gasteiger partial charge in [0.05, 0.1) is 5.02 Å². The summed E-state index contributed by atoms with van der Waals surface area (Å²) in [5.41, 5.74) is -0.276. The molecule has 2 aromatic rings. The lowest BCUT2D eigenvalue weighted by molar-refractivity contribution is -0.147. The standard InChI is InChI=1S/C21H20ClFO3S/c22-18-15-2-1-14(23)6-16(15)27-19(18)20(25)26-10-17(24)21-7-11-3-12(8-21)5-13(4-11)9-21/h1-2,6,11-13H,3-5,7-10H2. The third kappa shape index (κ3) is 2.90. The molecule has 0 aliphatic heterocycles. The second-order valence-electron chi connectivity index (χ2n) is 8.58. The summed E-state index contributed by atoms with van der Waals surface area (Å²) in [5.74, 6) is 1.10. The van der Waals surface area contributed by atoms with Crippen LogP contribution < -0.4 is 0 Å². The molecule has 6 rings (SSSR count). The number of thiophene rings is 1. The Bertz CT molecular complexity index is 915. The molecule has 142 valence electrons. The van der Waals surface area contributed by atoms with E-state index in [0.717, 1.165) is 30.6 Å². The average molecular weight is 407 g/mol. The van der Waals surface area contributed by atoms with Gasteiger partial charge in [0.2, 0.25) is 0 Å². The Morgan fingerprint density at radius 1 is 1.15 bits per heavy atom. The highest BCUT2D eigenvalue weighted by Crippen LogP contribution is 2.60. The minimum absolute atomic E-state index is 0.0678. The van der Waals surface area contributed by atoms with Gasteiger partial charge in [-0.2, -0.15) is 0 Å². The average Bonchev–Trinajstić information content (AvgIpc) is 2.94. The van der Waals surface area contributed by atoms with E-state index in [1.807, 2.05) is 0 Å². The van der Waals surface area contributed by atoms with Crippen molar-refractivity contribution in [1.29, 1.82) is 0 Å². The second-order valence-corrected chi connectivity index (χ2v) is 10.0. The summed E-state index contributed by atoms with van der Waals surface area (Å²) in [6.45, 7) is -0.191. The number of fused-ring (bicyclic) bond motifs is 1. The maximum absolute atomic E-state index is 13.4. The van der Waals surface area contributed by atoms with Gasteiger partial charge in [-0.3, -0.25) is 4.79 Å². The molecule has 0 spiro atoms. The number of hydrogen-bond donors (Lipinski definition) is 0. The van der Waals surface area contributed by atoms with Gasteiger partial charge < -0.3 is 4.74 Å². The maximum Gasteiger partial charge on any atom is 0.350 e. The fourth-order valence-corrected chi connectivity index (χ4v) is 7.40. The van der Waals surface area contributed by atoms with Crippen molar-refractivity contribution in [2.24, 2.45) is 23.2 Å². The number of esters is 1. The largest absolute Gasteiger partial charge is 0.453 e. The second kappa shape index (κ2) is 6.28. The molecule has 0 radical (unpaired) electrons. The Morgan fingerprint density at radius 3 is 2.41 bits per heavy atom. The molecule has 0 atom stereocenters. The van der Waals surface area contributed by atoms with Crippen LogP contribution in [-0.4, -0.2) is 18.4 Å². The number of rotatable bonds is 4. The van der Waals surface area contributed by atoms with Gasteiger partial charge in [-0.25, -0.2) is 9.18 Å². The van der Waals surface area contributed by atoms with Gasteiger partial charge in [-0.05, 0) is 74.5 Å². The molecule has 0 amide bonds. The van der Waals surface area contributed by atoms with E-state index in [1.54, 1.807) is 6.07 Å². The highest BCUT2D eigenvalue weighted by molar-refractivity contribution is 7.21. The quantitative estimate of drug-likeness (QED) is 0.617. The zero-order valence-electron chi connectivity index (χ0n) is 14.8. The van der Waals surface area contributed by atoms with Gasteiger partial charge in [0.15, 0.2) is 12.4 Å². The molecular weight excluding hydrogens is 387 g/mol. The van der Waals surface area contributed by atoms with Crippen LogP contribution in [0.1, 0.15) is 48.2 Å². The number of halogens is 2. The van der Waals surface area contributed by atoms with Crippen LogP contribution in [0.2, 0.25) is 5.02 Å². The molecule has 4 aliphatic carbocycles.